The molecule has 2 aromatic rings. The lowest BCUT2D eigenvalue weighted by Crippen LogP contribution is -2.47. The lowest BCUT2D eigenvalue weighted by molar-refractivity contribution is -0.140. The molecule has 144 valence electrons. The molecular formula is C21H25FN2O2S. The van der Waals surface area contributed by atoms with E-state index in [0.29, 0.717) is 17.9 Å². The van der Waals surface area contributed by atoms with Crippen LogP contribution in [0.15, 0.2) is 59.5 Å². The van der Waals surface area contributed by atoms with Crippen LogP contribution < -0.4 is 5.32 Å². The van der Waals surface area contributed by atoms with Crippen molar-refractivity contribution in [1.82, 2.24) is 10.2 Å². The van der Waals surface area contributed by atoms with Gasteiger partial charge in [-0.1, -0.05) is 36.4 Å². The van der Waals surface area contributed by atoms with Gasteiger partial charge in [0.05, 0.1) is 0 Å². The highest BCUT2D eigenvalue weighted by Crippen LogP contribution is 2.20. The van der Waals surface area contributed by atoms with Crippen molar-refractivity contribution in [3.8, 4) is 0 Å². The minimum atomic E-state index is -0.668. The van der Waals surface area contributed by atoms with Gasteiger partial charge in [0, 0.05) is 35.7 Å². The quantitative estimate of drug-likeness (QED) is 0.664. The Morgan fingerprint density at radius 1 is 1.11 bits per heavy atom. The van der Waals surface area contributed by atoms with Crippen molar-refractivity contribution in [2.75, 3.05) is 12.3 Å². The molecule has 0 radical (unpaired) electrons. The van der Waals surface area contributed by atoms with Gasteiger partial charge < -0.3 is 10.2 Å². The van der Waals surface area contributed by atoms with E-state index in [1.165, 1.54) is 11.0 Å². The highest BCUT2D eigenvalue weighted by atomic mass is 32.2. The van der Waals surface area contributed by atoms with Crippen LogP contribution in [0, 0.1) is 5.82 Å². The maximum atomic E-state index is 14.1. The van der Waals surface area contributed by atoms with Crippen LogP contribution in [0.5, 0.6) is 0 Å². The number of nitrogens with one attached hydrogen (secondary N) is 1. The second-order valence-electron chi connectivity index (χ2n) is 6.10. The van der Waals surface area contributed by atoms with E-state index in [9.17, 15) is 14.0 Å². The lowest BCUT2D eigenvalue weighted by atomic mass is 10.1. The van der Waals surface area contributed by atoms with Gasteiger partial charge in [-0.05, 0) is 32.0 Å². The number of likely N-dealkylation sites (N-methyl/N-ethyl adjacent to an activating group) is 1. The molecule has 2 amide bonds. The Bertz CT molecular complexity index is 755. The largest absolute Gasteiger partial charge is 0.355 e. The highest BCUT2D eigenvalue weighted by molar-refractivity contribution is 7.99. The van der Waals surface area contributed by atoms with Crippen molar-refractivity contribution < 1.29 is 14.0 Å². The first-order valence-electron chi connectivity index (χ1n) is 9.01. The maximum Gasteiger partial charge on any atom is 0.242 e. The minimum absolute atomic E-state index is 0.0693. The molecule has 0 aliphatic carbocycles. The number of carbonyl (C=O) groups is 2. The Balaban J connectivity index is 2.06. The molecule has 6 heteroatoms. The van der Waals surface area contributed by atoms with Crippen LogP contribution >= 0.6 is 11.8 Å². The summed E-state index contributed by atoms with van der Waals surface area (Å²) in [4.78, 5) is 27.6. The lowest BCUT2D eigenvalue weighted by Gasteiger charge is -2.29. The molecule has 0 fully saturated rings. The summed E-state index contributed by atoms with van der Waals surface area (Å²) in [5.74, 6) is -0.186. The second-order valence-corrected chi connectivity index (χ2v) is 7.26. The predicted octanol–water partition coefficient (Wildman–Crippen LogP) is 3.86. The van der Waals surface area contributed by atoms with Gasteiger partial charge in [-0.3, -0.25) is 9.59 Å². The standard InChI is InChI=1S/C21H25FN2O2S/c1-3-23-21(26)16(2)24(15-17-9-7-8-12-19(17)22)20(25)13-14-27-18-10-5-4-6-11-18/h4-12,16H,3,13-15H2,1-2H3,(H,23,26)/t16-/m1/s1. The zero-order chi connectivity index (χ0) is 19.6. The summed E-state index contributed by atoms with van der Waals surface area (Å²) in [6, 6.07) is 15.5. The van der Waals surface area contributed by atoms with Gasteiger partial charge >= 0.3 is 0 Å². The van der Waals surface area contributed by atoms with Crippen molar-refractivity contribution in [2.45, 2.75) is 37.8 Å². The number of rotatable bonds is 9. The number of amides is 2. The van der Waals surface area contributed by atoms with Gasteiger partial charge in [-0.15, -0.1) is 11.8 Å². The molecule has 0 unspecified atom stereocenters. The summed E-state index contributed by atoms with van der Waals surface area (Å²) in [6.07, 6.45) is 0.276. The van der Waals surface area contributed by atoms with E-state index < -0.39 is 6.04 Å². The van der Waals surface area contributed by atoms with Crippen LogP contribution in [-0.4, -0.2) is 35.1 Å². The van der Waals surface area contributed by atoms with Crippen molar-refractivity contribution in [3.63, 3.8) is 0 Å². The monoisotopic (exact) mass is 388 g/mol. The molecular weight excluding hydrogens is 363 g/mol. The second kappa shape index (κ2) is 10.7. The molecule has 27 heavy (non-hydrogen) atoms. The first-order valence-corrected chi connectivity index (χ1v) is 10.00. The van der Waals surface area contributed by atoms with Crippen LogP contribution in [-0.2, 0) is 16.1 Å². The van der Waals surface area contributed by atoms with E-state index in [0.717, 1.165) is 4.90 Å². The third kappa shape index (κ3) is 6.40. The third-order valence-electron chi connectivity index (χ3n) is 4.14. The molecule has 0 aliphatic rings. The summed E-state index contributed by atoms with van der Waals surface area (Å²) < 4.78 is 14.1. The van der Waals surface area contributed by atoms with E-state index in [4.69, 9.17) is 0 Å². The van der Waals surface area contributed by atoms with Crippen LogP contribution in [0.2, 0.25) is 0 Å². The molecule has 0 heterocycles. The molecule has 0 bridgehead atoms. The molecule has 1 atom stereocenters. The Kier molecular flexibility index (Phi) is 8.33. The van der Waals surface area contributed by atoms with Gasteiger partial charge in [-0.2, -0.15) is 0 Å². The third-order valence-corrected chi connectivity index (χ3v) is 5.16. The number of hydrogen-bond donors (Lipinski definition) is 1. The van der Waals surface area contributed by atoms with Gasteiger partial charge in [0.2, 0.25) is 11.8 Å². The minimum Gasteiger partial charge on any atom is -0.355 e. The highest BCUT2D eigenvalue weighted by Gasteiger charge is 2.26. The van der Waals surface area contributed by atoms with Crippen LogP contribution in [0.3, 0.4) is 0 Å². The maximum absolute atomic E-state index is 14.1. The first kappa shape index (κ1) is 21.0. The fourth-order valence-corrected chi connectivity index (χ4v) is 3.49. The summed E-state index contributed by atoms with van der Waals surface area (Å²) in [7, 11) is 0. The topological polar surface area (TPSA) is 49.4 Å². The molecule has 2 aromatic carbocycles. The van der Waals surface area contributed by atoms with E-state index in [2.05, 4.69) is 5.32 Å². The molecule has 0 aromatic heterocycles. The van der Waals surface area contributed by atoms with Gasteiger partial charge in [0.15, 0.2) is 0 Å². The van der Waals surface area contributed by atoms with Crippen LogP contribution in [0.25, 0.3) is 0 Å². The smallest absolute Gasteiger partial charge is 0.242 e. The number of benzene rings is 2. The average Bonchev–Trinajstić information content (AvgIpc) is 2.67. The molecule has 0 saturated carbocycles. The zero-order valence-corrected chi connectivity index (χ0v) is 16.5. The fraction of sp³-hybridized carbons (Fsp3) is 0.333. The normalized spacial score (nSPS) is 11.7. The summed E-state index contributed by atoms with van der Waals surface area (Å²) in [5.41, 5.74) is 0.401. The van der Waals surface area contributed by atoms with E-state index in [-0.39, 0.29) is 30.6 Å². The van der Waals surface area contributed by atoms with Crippen molar-refractivity contribution in [2.24, 2.45) is 0 Å². The first-order chi connectivity index (χ1) is 13.0. The number of nitrogens with zero attached hydrogens (tertiary/aromatic N) is 1. The van der Waals surface area contributed by atoms with Gasteiger partial charge in [0.1, 0.15) is 11.9 Å². The van der Waals surface area contributed by atoms with Crippen LogP contribution in [0.4, 0.5) is 4.39 Å². The molecule has 2 rings (SSSR count). The van der Waals surface area contributed by atoms with Crippen LogP contribution in [0.1, 0.15) is 25.8 Å². The average molecular weight is 389 g/mol. The zero-order valence-electron chi connectivity index (χ0n) is 15.7. The van der Waals surface area contributed by atoms with Gasteiger partial charge in [-0.25, -0.2) is 4.39 Å². The van der Waals surface area contributed by atoms with Crippen molar-refractivity contribution in [3.05, 3.63) is 66.0 Å². The molecule has 0 spiro atoms. The molecule has 4 nitrogen and oxygen atoms in total. The molecule has 0 aliphatic heterocycles. The number of hydrogen-bond acceptors (Lipinski definition) is 3. The van der Waals surface area contributed by atoms with E-state index >= 15 is 0 Å². The fourth-order valence-electron chi connectivity index (χ4n) is 2.63. The Morgan fingerprint density at radius 3 is 2.44 bits per heavy atom. The molecule has 0 saturated heterocycles. The summed E-state index contributed by atoms with van der Waals surface area (Å²) in [6.45, 7) is 4.05. The number of carbonyl (C=O) groups excluding carboxylic acids is 2. The Morgan fingerprint density at radius 2 is 1.78 bits per heavy atom. The summed E-state index contributed by atoms with van der Waals surface area (Å²) >= 11 is 1.58. The predicted molar refractivity (Wildman–Crippen MR) is 107 cm³/mol. The summed E-state index contributed by atoms with van der Waals surface area (Å²) in [5, 5.41) is 2.73. The van der Waals surface area contributed by atoms with Gasteiger partial charge in [0.25, 0.3) is 0 Å². The SMILES string of the molecule is CCNC(=O)[C@@H](C)N(Cc1ccccc1F)C(=O)CCSc1ccccc1. The molecule has 1 N–H and O–H groups in total. The number of thioether (sulfide) groups is 1. The Hall–Kier alpha value is -2.34. The van der Waals surface area contributed by atoms with E-state index in [1.807, 2.05) is 37.3 Å². The van der Waals surface area contributed by atoms with Crippen molar-refractivity contribution in [1.29, 1.82) is 0 Å². The van der Waals surface area contributed by atoms with E-state index in [1.54, 1.807) is 36.9 Å². The Labute approximate surface area is 164 Å². The van der Waals surface area contributed by atoms with Crippen molar-refractivity contribution >= 4 is 23.6 Å². The number of halogens is 1.